The van der Waals surface area contributed by atoms with Crippen molar-refractivity contribution in [2.75, 3.05) is 7.05 Å². The van der Waals surface area contributed by atoms with Gasteiger partial charge in [0.15, 0.2) is 0 Å². The van der Waals surface area contributed by atoms with Crippen LogP contribution in [-0.2, 0) is 4.79 Å². The molecule has 0 aliphatic heterocycles. The number of rotatable bonds is 2. The fraction of sp³-hybridized carbons (Fsp3) is 0.909. The van der Waals surface area contributed by atoms with E-state index in [9.17, 15) is 4.79 Å². The molecular formula is C11H21NO. The van der Waals surface area contributed by atoms with Gasteiger partial charge in [-0.15, -0.1) is 0 Å². The maximum atomic E-state index is 11.4. The van der Waals surface area contributed by atoms with Crippen LogP contribution in [0.5, 0.6) is 0 Å². The summed E-state index contributed by atoms with van der Waals surface area (Å²) in [6.07, 6.45) is 8.37. The molecule has 0 saturated heterocycles. The lowest BCUT2D eigenvalue weighted by molar-refractivity contribution is -0.131. The Labute approximate surface area is 81.3 Å². The van der Waals surface area contributed by atoms with E-state index in [2.05, 4.69) is 0 Å². The van der Waals surface area contributed by atoms with Crippen molar-refractivity contribution in [1.82, 2.24) is 4.90 Å². The van der Waals surface area contributed by atoms with E-state index >= 15 is 0 Å². The fourth-order valence-electron chi connectivity index (χ4n) is 2.10. The van der Waals surface area contributed by atoms with Gasteiger partial charge in [0.2, 0.25) is 5.91 Å². The molecule has 0 unspecified atom stereocenters. The molecule has 13 heavy (non-hydrogen) atoms. The third-order valence-corrected chi connectivity index (χ3v) is 3.07. The Morgan fingerprint density at radius 1 is 1.23 bits per heavy atom. The van der Waals surface area contributed by atoms with Crippen LogP contribution in [0.25, 0.3) is 0 Å². The Balaban J connectivity index is 2.43. The largest absolute Gasteiger partial charge is 0.343 e. The number of amides is 1. The Kier molecular flexibility index (Phi) is 4.26. The molecule has 0 aromatic heterocycles. The number of carbonyl (C=O) groups is 1. The van der Waals surface area contributed by atoms with Crippen LogP contribution < -0.4 is 0 Å². The molecule has 0 spiro atoms. The highest BCUT2D eigenvalue weighted by atomic mass is 16.2. The molecular weight excluding hydrogens is 162 g/mol. The Morgan fingerprint density at radius 2 is 1.77 bits per heavy atom. The number of carbonyl (C=O) groups excluding carboxylic acids is 1. The van der Waals surface area contributed by atoms with Gasteiger partial charge in [0, 0.05) is 19.5 Å². The van der Waals surface area contributed by atoms with E-state index in [0.717, 1.165) is 0 Å². The van der Waals surface area contributed by atoms with E-state index in [1.54, 1.807) is 0 Å². The molecule has 0 bridgehead atoms. The van der Waals surface area contributed by atoms with Crippen molar-refractivity contribution in [2.24, 2.45) is 0 Å². The number of nitrogens with zero attached hydrogens (tertiary/aromatic N) is 1. The van der Waals surface area contributed by atoms with Gasteiger partial charge in [-0.25, -0.2) is 0 Å². The summed E-state index contributed by atoms with van der Waals surface area (Å²) in [6, 6.07) is 0.523. The molecule has 0 radical (unpaired) electrons. The first kappa shape index (κ1) is 10.6. The highest BCUT2D eigenvalue weighted by molar-refractivity contribution is 5.75. The first-order chi connectivity index (χ1) is 6.25. The van der Waals surface area contributed by atoms with Gasteiger partial charge in [-0.3, -0.25) is 4.79 Å². The molecule has 0 N–H and O–H groups in total. The number of hydrogen-bond donors (Lipinski definition) is 0. The summed E-state index contributed by atoms with van der Waals surface area (Å²) < 4.78 is 0. The molecule has 1 saturated carbocycles. The molecule has 1 aliphatic carbocycles. The van der Waals surface area contributed by atoms with Crippen LogP contribution in [-0.4, -0.2) is 23.9 Å². The smallest absolute Gasteiger partial charge is 0.222 e. The third-order valence-electron chi connectivity index (χ3n) is 3.07. The molecule has 1 aliphatic rings. The first-order valence-corrected chi connectivity index (χ1v) is 5.51. The lowest BCUT2D eigenvalue weighted by atomic mass is 10.1. The van der Waals surface area contributed by atoms with Crippen LogP contribution in [0, 0.1) is 0 Å². The molecule has 1 amide bonds. The molecule has 0 aromatic carbocycles. The van der Waals surface area contributed by atoms with Gasteiger partial charge < -0.3 is 4.90 Å². The van der Waals surface area contributed by atoms with Crippen molar-refractivity contribution in [3.63, 3.8) is 0 Å². The van der Waals surface area contributed by atoms with E-state index in [-0.39, 0.29) is 0 Å². The van der Waals surface area contributed by atoms with E-state index in [1.807, 2.05) is 18.9 Å². The molecule has 0 heterocycles. The van der Waals surface area contributed by atoms with Crippen LogP contribution in [0.4, 0.5) is 0 Å². The van der Waals surface area contributed by atoms with Crippen molar-refractivity contribution in [2.45, 2.75) is 57.9 Å². The van der Waals surface area contributed by atoms with Gasteiger partial charge in [-0.2, -0.15) is 0 Å². The van der Waals surface area contributed by atoms with E-state index in [4.69, 9.17) is 0 Å². The SMILES string of the molecule is CCC(=O)N(C)C1CCCCCC1. The molecule has 1 rings (SSSR count). The minimum absolute atomic E-state index is 0.298. The van der Waals surface area contributed by atoms with Crippen molar-refractivity contribution >= 4 is 5.91 Å². The molecule has 0 atom stereocenters. The lowest BCUT2D eigenvalue weighted by Gasteiger charge is -2.26. The standard InChI is InChI=1S/C11H21NO/c1-3-11(13)12(2)10-8-6-4-5-7-9-10/h10H,3-9H2,1-2H3. The van der Waals surface area contributed by atoms with Crippen LogP contribution >= 0.6 is 0 Å². The maximum absolute atomic E-state index is 11.4. The summed E-state index contributed by atoms with van der Waals surface area (Å²) in [5.41, 5.74) is 0. The molecule has 76 valence electrons. The zero-order valence-corrected chi connectivity index (χ0v) is 8.88. The van der Waals surface area contributed by atoms with Crippen LogP contribution in [0.2, 0.25) is 0 Å². The van der Waals surface area contributed by atoms with Crippen LogP contribution in [0.1, 0.15) is 51.9 Å². The Bertz CT molecular complexity index is 159. The van der Waals surface area contributed by atoms with Gasteiger partial charge in [0.25, 0.3) is 0 Å². The Morgan fingerprint density at radius 3 is 2.23 bits per heavy atom. The van der Waals surface area contributed by atoms with Crippen LogP contribution in [0.15, 0.2) is 0 Å². The topological polar surface area (TPSA) is 20.3 Å². The molecule has 2 heteroatoms. The normalized spacial score (nSPS) is 19.5. The van der Waals surface area contributed by atoms with Gasteiger partial charge in [0.05, 0.1) is 0 Å². The predicted octanol–water partition coefficient (Wildman–Crippen LogP) is 2.58. The van der Waals surface area contributed by atoms with E-state index in [0.29, 0.717) is 18.4 Å². The highest BCUT2D eigenvalue weighted by Crippen LogP contribution is 2.21. The highest BCUT2D eigenvalue weighted by Gasteiger charge is 2.19. The van der Waals surface area contributed by atoms with Crippen LogP contribution in [0.3, 0.4) is 0 Å². The van der Waals surface area contributed by atoms with Gasteiger partial charge >= 0.3 is 0 Å². The second kappa shape index (κ2) is 5.25. The zero-order valence-electron chi connectivity index (χ0n) is 8.88. The third kappa shape index (κ3) is 3.02. The summed E-state index contributed by atoms with van der Waals surface area (Å²) in [5, 5.41) is 0. The second-order valence-corrected chi connectivity index (χ2v) is 4.00. The zero-order chi connectivity index (χ0) is 9.68. The monoisotopic (exact) mass is 183 g/mol. The molecule has 2 nitrogen and oxygen atoms in total. The minimum Gasteiger partial charge on any atom is -0.343 e. The second-order valence-electron chi connectivity index (χ2n) is 4.00. The summed E-state index contributed by atoms with van der Waals surface area (Å²) >= 11 is 0. The summed E-state index contributed by atoms with van der Waals surface area (Å²) in [7, 11) is 1.96. The predicted molar refractivity (Wildman–Crippen MR) is 54.6 cm³/mol. The van der Waals surface area contributed by atoms with Gasteiger partial charge in [0.1, 0.15) is 0 Å². The fourth-order valence-corrected chi connectivity index (χ4v) is 2.10. The van der Waals surface area contributed by atoms with E-state index in [1.165, 1.54) is 38.5 Å². The minimum atomic E-state index is 0.298. The maximum Gasteiger partial charge on any atom is 0.222 e. The van der Waals surface area contributed by atoms with E-state index < -0.39 is 0 Å². The average molecular weight is 183 g/mol. The van der Waals surface area contributed by atoms with Crippen molar-refractivity contribution in [3.8, 4) is 0 Å². The number of hydrogen-bond acceptors (Lipinski definition) is 1. The van der Waals surface area contributed by atoms with Crippen molar-refractivity contribution in [1.29, 1.82) is 0 Å². The summed E-state index contributed by atoms with van der Waals surface area (Å²) in [6.45, 7) is 1.94. The average Bonchev–Trinajstić information content (AvgIpc) is 2.43. The summed E-state index contributed by atoms with van der Waals surface area (Å²) in [4.78, 5) is 13.4. The van der Waals surface area contributed by atoms with Gasteiger partial charge in [-0.05, 0) is 12.8 Å². The molecule has 0 aromatic rings. The molecule has 1 fully saturated rings. The Hall–Kier alpha value is -0.530. The lowest BCUT2D eigenvalue weighted by Crippen LogP contribution is -2.36. The van der Waals surface area contributed by atoms with Crippen molar-refractivity contribution in [3.05, 3.63) is 0 Å². The van der Waals surface area contributed by atoms with Gasteiger partial charge in [-0.1, -0.05) is 32.6 Å². The first-order valence-electron chi connectivity index (χ1n) is 5.51. The summed E-state index contributed by atoms with van der Waals surface area (Å²) in [5.74, 6) is 0.298. The van der Waals surface area contributed by atoms with Crippen molar-refractivity contribution < 1.29 is 4.79 Å². The quantitative estimate of drug-likeness (QED) is 0.602.